The Morgan fingerprint density at radius 3 is 2.59 bits per heavy atom. The molecule has 0 aliphatic carbocycles. The molecule has 22 heavy (non-hydrogen) atoms. The molecule has 6 heteroatoms. The predicted octanol–water partition coefficient (Wildman–Crippen LogP) is 3.53. The molecule has 2 amide bonds. The van der Waals surface area contributed by atoms with Crippen molar-refractivity contribution in [2.45, 2.75) is 22.9 Å². The Kier molecular flexibility index (Phi) is 5.68. The molecule has 0 radical (unpaired) electrons. The van der Waals surface area contributed by atoms with E-state index in [-0.39, 0.29) is 12.3 Å². The monoisotopic (exact) mass is 317 g/mol. The molecule has 1 unspecified atom stereocenters. The second-order valence-corrected chi connectivity index (χ2v) is 5.79. The number of carbonyl (C=O) groups excluding carboxylic acids is 1. The van der Waals surface area contributed by atoms with E-state index in [0.29, 0.717) is 11.4 Å². The number of carbonyl (C=O) groups is 1. The minimum atomic E-state index is -0.372. The van der Waals surface area contributed by atoms with Gasteiger partial charge in [-0.05, 0) is 37.3 Å². The number of nitrogen functional groups attached to an aromatic ring is 1. The second-order valence-electron chi connectivity index (χ2n) is 4.64. The van der Waals surface area contributed by atoms with Crippen LogP contribution in [-0.2, 0) is 4.74 Å². The number of nitrogens with one attached hydrogen (secondary N) is 2. The molecule has 2 aromatic rings. The number of methoxy groups -OCH3 is 1. The highest BCUT2D eigenvalue weighted by Crippen LogP contribution is 2.31. The maximum atomic E-state index is 11.8. The van der Waals surface area contributed by atoms with Gasteiger partial charge >= 0.3 is 6.03 Å². The Labute approximate surface area is 134 Å². The Hall–Kier alpha value is -2.18. The van der Waals surface area contributed by atoms with E-state index in [2.05, 4.69) is 10.6 Å². The number of benzene rings is 2. The summed E-state index contributed by atoms with van der Waals surface area (Å²) in [6.45, 7) is 1.74. The van der Waals surface area contributed by atoms with Crippen LogP contribution in [0.5, 0.6) is 0 Å². The number of hydrogen-bond acceptors (Lipinski definition) is 4. The summed E-state index contributed by atoms with van der Waals surface area (Å²) in [5.41, 5.74) is 6.99. The van der Waals surface area contributed by atoms with E-state index in [1.54, 1.807) is 24.8 Å². The molecule has 0 fully saturated rings. The molecule has 0 aromatic heterocycles. The number of nitrogens with two attached hydrogens (primary N) is 1. The first-order chi connectivity index (χ1) is 10.6. The third kappa shape index (κ3) is 4.68. The minimum Gasteiger partial charge on any atom is -0.397 e. The summed E-state index contributed by atoms with van der Waals surface area (Å²) >= 11 is 1.60. The van der Waals surface area contributed by atoms with Crippen LogP contribution in [0.15, 0.2) is 58.3 Å². The van der Waals surface area contributed by atoms with Gasteiger partial charge in [-0.15, -0.1) is 0 Å². The molecule has 0 aliphatic rings. The zero-order valence-electron chi connectivity index (χ0n) is 12.5. The number of anilines is 2. The van der Waals surface area contributed by atoms with Crippen LogP contribution in [0.4, 0.5) is 16.2 Å². The van der Waals surface area contributed by atoms with Crippen molar-refractivity contribution in [3.8, 4) is 0 Å². The van der Waals surface area contributed by atoms with Gasteiger partial charge < -0.3 is 21.1 Å². The van der Waals surface area contributed by atoms with Gasteiger partial charge in [0.15, 0.2) is 0 Å². The van der Waals surface area contributed by atoms with Crippen molar-refractivity contribution in [3.63, 3.8) is 0 Å². The van der Waals surface area contributed by atoms with E-state index in [1.165, 1.54) is 7.11 Å². The summed E-state index contributed by atoms with van der Waals surface area (Å²) in [6, 6.07) is 15.2. The summed E-state index contributed by atoms with van der Waals surface area (Å²) in [4.78, 5) is 14.0. The van der Waals surface area contributed by atoms with E-state index in [1.807, 2.05) is 42.5 Å². The molecule has 0 saturated carbocycles. The van der Waals surface area contributed by atoms with Crippen molar-refractivity contribution in [3.05, 3.63) is 48.5 Å². The molecule has 2 aromatic carbocycles. The van der Waals surface area contributed by atoms with Gasteiger partial charge in [0, 0.05) is 16.9 Å². The lowest BCUT2D eigenvalue weighted by atomic mass is 10.3. The zero-order chi connectivity index (χ0) is 15.9. The Morgan fingerprint density at radius 1 is 1.18 bits per heavy atom. The summed E-state index contributed by atoms with van der Waals surface area (Å²) in [5, 5.41) is 5.37. The van der Waals surface area contributed by atoms with E-state index in [4.69, 9.17) is 10.5 Å². The van der Waals surface area contributed by atoms with Crippen molar-refractivity contribution >= 4 is 29.2 Å². The van der Waals surface area contributed by atoms with Crippen LogP contribution in [0.25, 0.3) is 0 Å². The van der Waals surface area contributed by atoms with Gasteiger partial charge in [0.2, 0.25) is 0 Å². The molecular weight excluding hydrogens is 298 g/mol. The van der Waals surface area contributed by atoms with Crippen molar-refractivity contribution in [1.29, 1.82) is 0 Å². The smallest absolute Gasteiger partial charge is 0.321 e. The molecule has 2 rings (SSSR count). The molecule has 0 bridgehead atoms. The average Bonchev–Trinajstić information content (AvgIpc) is 2.51. The standard InChI is InChI=1S/C16H19N3O2S/c1-11(21-2)18-16(20)19-15-10-13(8-9-14(15)17)22-12-6-4-3-5-7-12/h3-11H,17H2,1-2H3,(H2,18,19,20). The number of amides is 2. The third-order valence-electron chi connectivity index (χ3n) is 2.94. The third-order valence-corrected chi connectivity index (χ3v) is 3.94. The van der Waals surface area contributed by atoms with Gasteiger partial charge in [-0.3, -0.25) is 0 Å². The van der Waals surface area contributed by atoms with E-state index in [0.717, 1.165) is 9.79 Å². The fourth-order valence-corrected chi connectivity index (χ4v) is 2.61. The lowest BCUT2D eigenvalue weighted by molar-refractivity contribution is 0.0984. The SMILES string of the molecule is COC(C)NC(=O)Nc1cc(Sc2ccccc2)ccc1N. The number of rotatable bonds is 5. The maximum absolute atomic E-state index is 11.8. The van der Waals surface area contributed by atoms with Gasteiger partial charge in [0.25, 0.3) is 0 Å². The minimum absolute atomic E-state index is 0.358. The van der Waals surface area contributed by atoms with Crippen LogP contribution in [0.2, 0.25) is 0 Å². The Bertz CT molecular complexity index is 635. The molecule has 5 nitrogen and oxygen atoms in total. The summed E-state index contributed by atoms with van der Waals surface area (Å²) in [5.74, 6) is 0. The molecule has 4 N–H and O–H groups in total. The summed E-state index contributed by atoms with van der Waals surface area (Å²) in [7, 11) is 1.52. The average molecular weight is 317 g/mol. The highest BCUT2D eigenvalue weighted by Gasteiger charge is 2.09. The topological polar surface area (TPSA) is 76.4 Å². The van der Waals surface area contributed by atoms with Crippen molar-refractivity contribution in [2.24, 2.45) is 0 Å². The first-order valence-electron chi connectivity index (χ1n) is 6.81. The predicted molar refractivity (Wildman–Crippen MR) is 90.0 cm³/mol. The summed E-state index contributed by atoms with van der Waals surface area (Å²) in [6.07, 6.45) is -0.372. The summed E-state index contributed by atoms with van der Waals surface area (Å²) < 4.78 is 4.98. The van der Waals surface area contributed by atoms with Crippen LogP contribution >= 0.6 is 11.8 Å². The first kappa shape index (κ1) is 16.2. The lowest BCUT2D eigenvalue weighted by Crippen LogP contribution is -2.37. The van der Waals surface area contributed by atoms with Crippen molar-refractivity contribution < 1.29 is 9.53 Å². The van der Waals surface area contributed by atoms with Gasteiger partial charge in [-0.2, -0.15) is 0 Å². The maximum Gasteiger partial charge on any atom is 0.321 e. The normalized spacial score (nSPS) is 11.7. The van der Waals surface area contributed by atoms with Crippen LogP contribution in [-0.4, -0.2) is 19.4 Å². The fourth-order valence-electron chi connectivity index (χ4n) is 1.73. The number of hydrogen-bond donors (Lipinski definition) is 3. The lowest BCUT2D eigenvalue weighted by Gasteiger charge is -2.14. The first-order valence-corrected chi connectivity index (χ1v) is 7.63. The molecule has 0 heterocycles. The Morgan fingerprint density at radius 2 is 1.91 bits per heavy atom. The van der Waals surface area contributed by atoms with E-state index >= 15 is 0 Å². The molecular formula is C16H19N3O2S. The second kappa shape index (κ2) is 7.72. The quantitative estimate of drug-likeness (QED) is 0.582. The largest absolute Gasteiger partial charge is 0.397 e. The molecule has 0 saturated heterocycles. The molecule has 0 aliphatic heterocycles. The van der Waals surface area contributed by atoms with Gasteiger partial charge in [-0.25, -0.2) is 4.79 Å². The molecule has 1 atom stereocenters. The van der Waals surface area contributed by atoms with Crippen molar-refractivity contribution in [2.75, 3.05) is 18.2 Å². The van der Waals surface area contributed by atoms with Gasteiger partial charge in [-0.1, -0.05) is 30.0 Å². The van der Waals surface area contributed by atoms with Gasteiger partial charge in [0.1, 0.15) is 6.23 Å². The van der Waals surface area contributed by atoms with Crippen molar-refractivity contribution in [1.82, 2.24) is 5.32 Å². The fraction of sp³-hybridized carbons (Fsp3) is 0.188. The molecule has 116 valence electrons. The highest BCUT2D eigenvalue weighted by molar-refractivity contribution is 7.99. The number of ether oxygens (including phenoxy) is 1. The van der Waals surface area contributed by atoms with Gasteiger partial charge in [0.05, 0.1) is 11.4 Å². The van der Waals surface area contributed by atoms with E-state index < -0.39 is 0 Å². The Balaban J connectivity index is 2.08. The van der Waals surface area contributed by atoms with Crippen LogP contribution in [0.1, 0.15) is 6.92 Å². The van der Waals surface area contributed by atoms with Crippen LogP contribution in [0, 0.1) is 0 Å². The highest BCUT2D eigenvalue weighted by atomic mass is 32.2. The van der Waals surface area contributed by atoms with Crippen LogP contribution in [0.3, 0.4) is 0 Å². The zero-order valence-corrected chi connectivity index (χ0v) is 13.3. The van der Waals surface area contributed by atoms with Crippen LogP contribution < -0.4 is 16.4 Å². The number of urea groups is 1. The molecule has 0 spiro atoms. The van der Waals surface area contributed by atoms with E-state index in [9.17, 15) is 4.79 Å².